The first-order chi connectivity index (χ1) is 14.0. The molecule has 11 heteroatoms. The van der Waals surface area contributed by atoms with Crippen LogP contribution in [-0.2, 0) is 20.0 Å². The minimum absolute atomic E-state index is 0.0380. The summed E-state index contributed by atoms with van der Waals surface area (Å²) in [6.45, 7) is 5.85. The molecule has 0 amide bonds. The van der Waals surface area contributed by atoms with E-state index in [2.05, 4.69) is 12.0 Å². The number of benzene rings is 1. The lowest BCUT2D eigenvalue weighted by Crippen LogP contribution is -2.38. The molecule has 0 unspecified atom stereocenters. The van der Waals surface area contributed by atoms with E-state index >= 15 is 0 Å². The third-order valence-electron chi connectivity index (χ3n) is 5.40. The van der Waals surface area contributed by atoms with Crippen LogP contribution < -0.4 is 9.47 Å². The quantitative estimate of drug-likeness (QED) is 0.654. The van der Waals surface area contributed by atoms with Gasteiger partial charge in [-0.3, -0.25) is 0 Å². The van der Waals surface area contributed by atoms with Crippen LogP contribution in [0, 0.1) is 19.8 Å². The van der Waals surface area contributed by atoms with Crippen molar-refractivity contribution in [1.29, 1.82) is 0 Å². The third kappa shape index (κ3) is 3.81. The maximum Gasteiger partial charge on any atom is 0.287 e. The molecule has 2 aromatic rings. The minimum atomic E-state index is -4.23. The lowest BCUT2D eigenvalue weighted by Gasteiger charge is -2.29. The van der Waals surface area contributed by atoms with Gasteiger partial charge in [0.2, 0.25) is 10.0 Å². The minimum Gasteiger partial charge on any atom is -0.497 e. The number of piperidine rings is 1. The highest BCUT2D eigenvalue weighted by atomic mass is 32.2. The summed E-state index contributed by atoms with van der Waals surface area (Å²) in [4.78, 5) is -0.229. The van der Waals surface area contributed by atoms with Crippen LogP contribution in [0.15, 0.2) is 28.0 Å². The first-order valence-corrected chi connectivity index (χ1v) is 12.5. The zero-order chi connectivity index (χ0) is 22.3. The molecule has 1 aliphatic rings. The van der Waals surface area contributed by atoms with Gasteiger partial charge in [0.1, 0.15) is 21.3 Å². The van der Waals surface area contributed by atoms with Gasteiger partial charge in [-0.25, -0.2) is 8.42 Å². The molecule has 0 bridgehead atoms. The van der Waals surface area contributed by atoms with Crippen molar-refractivity contribution in [2.75, 3.05) is 27.3 Å². The summed E-state index contributed by atoms with van der Waals surface area (Å²) in [5, 5.41) is 4.09. The summed E-state index contributed by atoms with van der Waals surface area (Å²) in [6, 6.07) is 4.38. The van der Waals surface area contributed by atoms with Crippen molar-refractivity contribution in [1.82, 2.24) is 13.5 Å². The van der Waals surface area contributed by atoms with Crippen LogP contribution in [-0.4, -0.2) is 57.6 Å². The van der Waals surface area contributed by atoms with Gasteiger partial charge in [0, 0.05) is 19.2 Å². The van der Waals surface area contributed by atoms with Crippen molar-refractivity contribution in [2.24, 2.45) is 5.92 Å². The van der Waals surface area contributed by atoms with Crippen LogP contribution >= 0.6 is 0 Å². The van der Waals surface area contributed by atoms with E-state index in [1.165, 1.54) is 44.5 Å². The zero-order valence-corrected chi connectivity index (χ0v) is 19.4. The van der Waals surface area contributed by atoms with E-state index in [0.29, 0.717) is 24.8 Å². The van der Waals surface area contributed by atoms with E-state index in [-0.39, 0.29) is 26.9 Å². The molecule has 1 aliphatic heterocycles. The molecule has 1 aromatic carbocycles. The summed E-state index contributed by atoms with van der Waals surface area (Å²) >= 11 is 0. The molecular formula is C19H27N3O6S2. The Morgan fingerprint density at radius 3 is 2.20 bits per heavy atom. The molecule has 1 aromatic heterocycles. The average molecular weight is 458 g/mol. The van der Waals surface area contributed by atoms with E-state index in [1.807, 2.05) is 0 Å². The number of aryl methyl sites for hydroxylation is 1. The molecule has 2 heterocycles. The molecule has 9 nitrogen and oxygen atoms in total. The highest BCUT2D eigenvalue weighted by Crippen LogP contribution is 2.33. The second-order valence-electron chi connectivity index (χ2n) is 7.45. The van der Waals surface area contributed by atoms with Gasteiger partial charge in [0.15, 0.2) is 0 Å². The fourth-order valence-electron chi connectivity index (χ4n) is 3.65. The largest absolute Gasteiger partial charge is 0.497 e. The van der Waals surface area contributed by atoms with E-state index in [1.54, 1.807) is 6.07 Å². The second-order valence-corrected chi connectivity index (χ2v) is 11.1. The third-order valence-corrected chi connectivity index (χ3v) is 9.24. The fourth-order valence-corrected chi connectivity index (χ4v) is 7.07. The lowest BCUT2D eigenvalue weighted by atomic mass is 10.0. The Balaban J connectivity index is 2.12. The van der Waals surface area contributed by atoms with Crippen molar-refractivity contribution in [2.45, 2.75) is 43.4 Å². The molecule has 0 N–H and O–H groups in total. The predicted molar refractivity (Wildman–Crippen MR) is 111 cm³/mol. The van der Waals surface area contributed by atoms with Crippen molar-refractivity contribution in [3.8, 4) is 11.5 Å². The number of rotatable bonds is 6. The summed E-state index contributed by atoms with van der Waals surface area (Å²) in [5.41, 5.74) is 0.174. The molecule has 1 saturated heterocycles. The molecule has 0 aliphatic carbocycles. The number of sulfonamides is 1. The SMILES string of the molecule is COc1ccc(OC)c(S(=O)(=O)n2nc(C)c(S(=O)(=O)N3CCC(C)CC3)c2C)c1. The smallest absolute Gasteiger partial charge is 0.287 e. The molecule has 3 rings (SSSR count). The number of nitrogens with zero attached hydrogens (tertiary/aromatic N) is 3. The Morgan fingerprint density at radius 1 is 1.00 bits per heavy atom. The summed E-state index contributed by atoms with van der Waals surface area (Å²) in [7, 11) is -5.32. The molecule has 30 heavy (non-hydrogen) atoms. The van der Waals surface area contributed by atoms with Crippen molar-refractivity contribution < 1.29 is 26.3 Å². The van der Waals surface area contributed by atoms with E-state index in [4.69, 9.17) is 9.47 Å². The first kappa shape index (κ1) is 22.6. The number of methoxy groups -OCH3 is 2. The Kier molecular flexibility index (Phi) is 6.17. The zero-order valence-electron chi connectivity index (χ0n) is 17.7. The maximum absolute atomic E-state index is 13.4. The molecule has 0 atom stereocenters. The summed E-state index contributed by atoms with van der Waals surface area (Å²) < 4.78 is 65.8. The standard InChI is InChI=1S/C19H27N3O6S2/c1-13-8-10-21(11-9-13)30(25,26)19-14(2)20-22(15(19)3)29(23,24)18-12-16(27-4)6-7-17(18)28-5/h6-7,12-13H,8-11H2,1-5H3. The van der Waals surface area contributed by atoms with Gasteiger partial charge in [0.05, 0.1) is 25.6 Å². The number of ether oxygens (including phenoxy) is 2. The normalized spacial score (nSPS) is 16.6. The van der Waals surface area contributed by atoms with Crippen LogP contribution in [0.1, 0.15) is 31.2 Å². The van der Waals surface area contributed by atoms with E-state index in [9.17, 15) is 16.8 Å². The number of aromatic nitrogens is 2. The Labute approximate surface area is 177 Å². The molecule has 1 fully saturated rings. The van der Waals surface area contributed by atoms with E-state index in [0.717, 1.165) is 16.9 Å². The van der Waals surface area contributed by atoms with Crippen molar-refractivity contribution in [3.63, 3.8) is 0 Å². The van der Waals surface area contributed by atoms with Gasteiger partial charge in [-0.2, -0.15) is 21.9 Å². The van der Waals surface area contributed by atoms with Gasteiger partial charge in [-0.1, -0.05) is 6.92 Å². The number of hydrogen-bond acceptors (Lipinski definition) is 7. The van der Waals surface area contributed by atoms with Gasteiger partial charge >= 0.3 is 0 Å². The highest BCUT2D eigenvalue weighted by Gasteiger charge is 2.36. The summed E-state index contributed by atoms with van der Waals surface area (Å²) in [5.74, 6) is 0.895. The van der Waals surface area contributed by atoms with Crippen molar-refractivity contribution >= 4 is 20.0 Å². The second kappa shape index (κ2) is 8.20. The topological polar surface area (TPSA) is 108 Å². The van der Waals surface area contributed by atoms with Gasteiger partial charge < -0.3 is 9.47 Å². The number of hydrogen-bond donors (Lipinski definition) is 0. The molecule has 166 valence electrons. The molecule has 0 spiro atoms. The average Bonchev–Trinajstić information content (AvgIpc) is 3.03. The van der Waals surface area contributed by atoms with Gasteiger partial charge in [-0.05, 0) is 44.7 Å². The van der Waals surface area contributed by atoms with Gasteiger partial charge in [-0.15, -0.1) is 0 Å². The first-order valence-electron chi connectivity index (χ1n) is 9.58. The predicted octanol–water partition coefficient (Wildman–Crippen LogP) is 2.17. The van der Waals surface area contributed by atoms with Crippen LogP contribution in [0.4, 0.5) is 0 Å². The van der Waals surface area contributed by atoms with Crippen LogP contribution in [0.2, 0.25) is 0 Å². The van der Waals surface area contributed by atoms with Gasteiger partial charge in [0.25, 0.3) is 10.0 Å². The highest BCUT2D eigenvalue weighted by molar-refractivity contribution is 7.90. The van der Waals surface area contributed by atoms with Crippen molar-refractivity contribution in [3.05, 3.63) is 29.6 Å². The maximum atomic E-state index is 13.4. The Hall–Kier alpha value is -2.11. The monoisotopic (exact) mass is 457 g/mol. The van der Waals surface area contributed by atoms with Crippen LogP contribution in [0.5, 0.6) is 11.5 Å². The molecule has 0 saturated carbocycles. The Bertz CT molecular complexity index is 1150. The summed E-state index contributed by atoms with van der Waals surface area (Å²) in [6.07, 6.45) is 1.54. The Morgan fingerprint density at radius 2 is 1.63 bits per heavy atom. The van der Waals surface area contributed by atoms with Crippen LogP contribution in [0.3, 0.4) is 0 Å². The lowest BCUT2D eigenvalue weighted by molar-refractivity contribution is 0.288. The van der Waals surface area contributed by atoms with Crippen LogP contribution in [0.25, 0.3) is 0 Å². The fraction of sp³-hybridized carbons (Fsp3) is 0.526. The van der Waals surface area contributed by atoms with E-state index < -0.39 is 20.0 Å². The molecular weight excluding hydrogens is 430 g/mol. The molecule has 0 radical (unpaired) electrons.